The highest BCUT2D eigenvalue weighted by Crippen LogP contribution is 2.19. The molecule has 24 heavy (non-hydrogen) atoms. The maximum absolute atomic E-state index is 13.1. The smallest absolute Gasteiger partial charge is 0.234 e. The molecule has 0 bridgehead atoms. The van der Waals surface area contributed by atoms with Crippen molar-refractivity contribution in [1.29, 1.82) is 0 Å². The van der Waals surface area contributed by atoms with Crippen molar-refractivity contribution in [2.45, 2.75) is 33.4 Å². The summed E-state index contributed by atoms with van der Waals surface area (Å²) in [5.41, 5.74) is 3.30. The van der Waals surface area contributed by atoms with E-state index in [1.807, 2.05) is 45.0 Å². The van der Waals surface area contributed by atoms with Gasteiger partial charge in [-0.2, -0.15) is 0 Å². The van der Waals surface area contributed by atoms with Gasteiger partial charge in [0.2, 0.25) is 5.91 Å². The van der Waals surface area contributed by atoms with E-state index in [1.165, 1.54) is 17.7 Å². The molecule has 4 heteroatoms. The lowest BCUT2D eigenvalue weighted by Crippen LogP contribution is -2.38. The van der Waals surface area contributed by atoms with Crippen molar-refractivity contribution in [3.05, 3.63) is 71.0 Å². The quantitative estimate of drug-likeness (QED) is 0.838. The van der Waals surface area contributed by atoms with Crippen LogP contribution in [0.15, 0.2) is 48.5 Å². The number of hydrogen-bond acceptors (Lipinski definition) is 2. The molecule has 1 atom stereocenters. The number of rotatable bonds is 7. The lowest BCUT2D eigenvalue weighted by atomic mass is 10.1. The molecule has 0 aliphatic carbocycles. The molecule has 1 N–H and O–H groups in total. The van der Waals surface area contributed by atoms with Gasteiger partial charge in [0.05, 0.1) is 6.54 Å². The number of carbonyl (C=O) groups excluding carboxylic acids is 1. The number of carbonyl (C=O) groups is 1. The van der Waals surface area contributed by atoms with Crippen molar-refractivity contribution < 1.29 is 9.18 Å². The third-order valence-electron chi connectivity index (χ3n) is 4.39. The number of benzene rings is 2. The predicted octanol–water partition coefficient (Wildman–Crippen LogP) is 3.83. The fourth-order valence-corrected chi connectivity index (χ4v) is 2.72. The van der Waals surface area contributed by atoms with E-state index in [0.717, 1.165) is 17.7 Å². The Morgan fingerprint density at radius 2 is 1.83 bits per heavy atom. The summed E-state index contributed by atoms with van der Waals surface area (Å²) in [6.07, 6.45) is 0. The first-order chi connectivity index (χ1) is 11.5. The number of nitrogens with zero attached hydrogens (tertiary/aromatic N) is 1. The highest BCUT2D eigenvalue weighted by Gasteiger charge is 2.17. The van der Waals surface area contributed by atoms with E-state index in [1.54, 1.807) is 12.1 Å². The van der Waals surface area contributed by atoms with Gasteiger partial charge in [0, 0.05) is 12.6 Å². The maximum atomic E-state index is 13.1. The molecule has 0 saturated heterocycles. The standard InChI is InChI=1S/C20H25FN2O/c1-4-23(16(3)17-9-11-19(21)12-10-17)14-20(24)22-13-18-8-6-5-7-15(18)2/h5-12,16H,4,13-14H2,1-3H3,(H,22,24). The van der Waals surface area contributed by atoms with E-state index in [-0.39, 0.29) is 17.8 Å². The lowest BCUT2D eigenvalue weighted by molar-refractivity contribution is -0.122. The summed E-state index contributed by atoms with van der Waals surface area (Å²) >= 11 is 0. The van der Waals surface area contributed by atoms with Gasteiger partial charge < -0.3 is 5.32 Å². The molecule has 0 aliphatic heterocycles. The Hall–Kier alpha value is -2.20. The normalized spacial score (nSPS) is 12.2. The number of aryl methyl sites for hydroxylation is 1. The third-order valence-corrected chi connectivity index (χ3v) is 4.39. The maximum Gasteiger partial charge on any atom is 0.234 e. The van der Waals surface area contributed by atoms with Crippen LogP contribution in [0.4, 0.5) is 4.39 Å². The summed E-state index contributed by atoms with van der Waals surface area (Å²) in [7, 11) is 0. The topological polar surface area (TPSA) is 32.3 Å². The largest absolute Gasteiger partial charge is 0.351 e. The first-order valence-corrected chi connectivity index (χ1v) is 8.32. The van der Waals surface area contributed by atoms with E-state index in [2.05, 4.69) is 10.2 Å². The molecular formula is C20H25FN2O. The summed E-state index contributed by atoms with van der Waals surface area (Å²) in [5.74, 6) is -0.251. The molecule has 1 unspecified atom stereocenters. The SMILES string of the molecule is CCN(CC(=O)NCc1ccccc1C)C(C)c1ccc(F)cc1. The molecule has 0 aromatic heterocycles. The van der Waals surface area contributed by atoms with Crippen LogP contribution in [0, 0.1) is 12.7 Å². The van der Waals surface area contributed by atoms with Crippen LogP contribution in [0.3, 0.4) is 0 Å². The predicted molar refractivity (Wildman–Crippen MR) is 95.1 cm³/mol. The van der Waals surface area contributed by atoms with Gasteiger partial charge >= 0.3 is 0 Å². The van der Waals surface area contributed by atoms with Gasteiger partial charge in [0.15, 0.2) is 0 Å². The second-order valence-corrected chi connectivity index (χ2v) is 5.99. The Kier molecular flexibility index (Phi) is 6.50. The summed E-state index contributed by atoms with van der Waals surface area (Å²) in [6.45, 7) is 7.70. The Morgan fingerprint density at radius 3 is 2.46 bits per heavy atom. The molecule has 2 rings (SSSR count). The van der Waals surface area contributed by atoms with Crippen molar-refractivity contribution in [3.63, 3.8) is 0 Å². The van der Waals surface area contributed by atoms with Crippen LogP contribution in [-0.4, -0.2) is 23.9 Å². The highest BCUT2D eigenvalue weighted by atomic mass is 19.1. The number of halogens is 1. The Labute approximate surface area is 143 Å². The zero-order valence-electron chi connectivity index (χ0n) is 14.6. The van der Waals surface area contributed by atoms with Crippen molar-refractivity contribution in [3.8, 4) is 0 Å². The van der Waals surface area contributed by atoms with Crippen LogP contribution < -0.4 is 5.32 Å². The number of amides is 1. The summed E-state index contributed by atoms with van der Waals surface area (Å²) in [6, 6.07) is 14.5. The average Bonchev–Trinajstić information content (AvgIpc) is 2.59. The second kappa shape index (κ2) is 8.60. The molecule has 0 spiro atoms. The zero-order valence-corrected chi connectivity index (χ0v) is 14.6. The van der Waals surface area contributed by atoms with Gasteiger partial charge in [-0.05, 0) is 49.2 Å². The van der Waals surface area contributed by atoms with Crippen LogP contribution in [0.1, 0.15) is 36.6 Å². The lowest BCUT2D eigenvalue weighted by Gasteiger charge is -2.27. The molecule has 0 aliphatic rings. The van der Waals surface area contributed by atoms with Gasteiger partial charge in [-0.15, -0.1) is 0 Å². The van der Waals surface area contributed by atoms with Crippen molar-refractivity contribution in [2.24, 2.45) is 0 Å². The molecule has 0 saturated carbocycles. The van der Waals surface area contributed by atoms with Crippen LogP contribution in [-0.2, 0) is 11.3 Å². The van der Waals surface area contributed by atoms with Crippen LogP contribution >= 0.6 is 0 Å². The molecule has 0 fully saturated rings. The fourth-order valence-electron chi connectivity index (χ4n) is 2.72. The van der Waals surface area contributed by atoms with E-state index < -0.39 is 0 Å². The third kappa shape index (κ3) is 4.90. The molecule has 2 aromatic carbocycles. The summed E-state index contributed by atoms with van der Waals surface area (Å²) in [4.78, 5) is 14.3. The highest BCUT2D eigenvalue weighted by molar-refractivity contribution is 5.78. The van der Waals surface area contributed by atoms with E-state index >= 15 is 0 Å². The monoisotopic (exact) mass is 328 g/mol. The van der Waals surface area contributed by atoms with Gasteiger partial charge in [0.1, 0.15) is 5.82 Å². The number of nitrogens with one attached hydrogen (secondary N) is 1. The molecule has 3 nitrogen and oxygen atoms in total. The minimum atomic E-state index is -0.245. The minimum absolute atomic E-state index is 0.00550. The van der Waals surface area contributed by atoms with E-state index in [9.17, 15) is 9.18 Å². The minimum Gasteiger partial charge on any atom is -0.351 e. The van der Waals surface area contributed by atoms with Crippen molar-refractivity contribution in [2.75, 3.05) is 13.1 Å². The average molecular weight is 328 g/mol. The molecule has 0 heterocycles. The van der Waals surface area contributed by atoms with E-state index in [4.69, 9.17) is 0 Å². The van der Waals surface area contributed by atoms with Crippen LogP contribution in [0.5, 0.6) is 0 Å². The van der Waals surface area contributed by atoms with Crippen LogP contribution in [0.2, 0.25) is 0 Å². The van der Waals surface area contributed by atoms with Gasteiger partial charge in [-0.25, -0.2) is 4.39 Å². The summed E-state index contributed by atoms with van der Waals surface area (Å²) in [5, 5.41) is 2.98. The van der Waals surface area contributed by atoms with Gasteiger partial charge in [-0.3, -0.25) is 9.69 Å². The van der Waals surface area contributed by atoms with E-state index in [0.29, 0.717) is 13.1 Å². The summed E-state index contributed by atoms with van der Waals surface area (Å²) < 4.78 is 13.1. The second-order valence-electron chi connectivity index (χ2n) is 5.99. The molecule has 128 valence electrons. The number of hydrogen-bond donors (Lipinski definition) is 1. The number of likely N-dealkylation sites (N-methyl/N-ethyl adjacent to an activating group) is 1. The van der Waals surface area contributed by atoms with Crippen molar-refractivity contribution >= 4 is 5.91 Å². The zero-order chi connectivity index (χ0) is 17.5. The fraction of sp³-hybridized carbons (Fsp3) is 0.350. The Bertz CT molecular complexity index is 670. The first-order valence-electron chi connectivity index (χ1n) is 8.32. The van der Waals surface area contributed by atoms with Crippen LogP contribution in [0.25, 0.3) is 0 Å². The molecule has 2 aromatic rings. The first kappa shape index (κ1) is 18.1. The van der Waals surface area contributed by atoms with Crippen molar-refractivity contribution in [1.82, 2.24) is 10.2 Å². The molecule has 0 radical (unpaired) electrons. The van der Waals surface area contributed by atoms with Gasteiger partial charge in [0.25, 0.3) is 0 Å². The Morgan fingerprint density at radius 1 is 1.17 bits per heavy atom. The van der Waals surface area contributed by atoms with Gasteiger partial charge in [-0.1, -0.05) is 43.3 Å². The molecular weight excluding hydrogens is 303 g/mol. The molecule has 1 amide bonds. The Balaban J connectivity index is 1.93.